The van der Waals surface area contributed by atoms with E-state index in [2.05, 4.69) is 53.1 Å². The Morgan fingerprint density at radius 3 is 2.65 bits per heavy atom. The first-order valence-corrected chi connectivity index (χ1v) is 8.39. The van der Waals surface area contributed by atoms with Gasteiger partial charge in [-0.05, 0) is 60.9 Å². The van der Waals surface area contributed by atoms with E-state index in [1.54, 1.807) is 12.2 Å². The van der Waals surface area contributed by atoms with Crippen LogP contribution in [0.1, 0.15) is 25.8 Å². The maximum Gasteiger partial charge on any atom is 0.179 e. The number of carbonyl (C=O) groups excluding carboxylic acids is 1. The van der Waals surface area contributed by atoms with Gasteiger partial charge in [0.25, 0.3) is 0 Å². The Bertz CT molecular complexity index is 831. The lowest BCUT2D eigenvalue weighted by molar-refractivity contribution is -0.110. The minimum atomic E-state index is -0.476. The van der Waals surface area contributed by atoms with Crippen LogP contribution in [0.5, 0.6) is 0 Å². The molecule has 2 atom stereocenters. The van der Waals surface area contributed by atoms with Gasteiger partial charge in [-0.15, -0.1) is 0 Å². The summed E-state index contributed by atoms with van der Waals surface area (Å²) in [4.78, 5) is 17.8. The van der Waals surface area contributed by atoms with E-state index in [0.29, 0.717) is 0 Å². The van der Waals surface area contributed by atoms with Crippen LogP contribution in [0.3, 0.4) is 0 Å². The van der Waals surface area contributed by atoms with Crippen LogP contribution in [0, 0.1) is 5.41 Å². The number of hydrogen-bond donors (Lipinski definition) is 0. The fraction of sp³-hybridized carbons (Fsp3) is 0.263. The van der Waals surface area contributed by atoms with Crippen molar-refractivity contribution in [2.75, 3.05) is 0 Å². The van der Waals surface area contributed by atoms with E-state index in [1.807, 2.05) is 12.1 Å². The third kappa shape index (κ3) is 2.08. The zero-order valence-electron chi connectivity index (χ0n) is 13.0. The number of ketones is 1. The molecule has 1 aromatic carbocycles. The molecule has 0 N–H and O–H groups in total. The summed E-state index contributed by atoms with van der Waals surface area (Å²) >= 11 is 3.47. The van der Waals surface area contributed by atoms with Crippen molar-refractivity contribution < 1.29 is 9.63 Å². The van der Waals surface area contributed by atoms with E-state index in [4.69, 9.17) is 4.84 Å². The largest absolute Gasteiger partial charge is 0.387 e. The molecule has 1 aliphatic heterocycles. The number of oxime groups is 1. The number of halogens is 1. The van der Waals surface area contributed by atoms with Crippen LogP contribution in [0.2, 0.25) is 0 Å². The summed E-state index contributed by atoms with van der Waals surface area (Å²) in [6.07, 6.45) is 7.97. The average Bonchev–Trinajstić information content (AvgIpc) is 2.81. The molecule has 0 aromatic heterocycles. The molecule has 0 unspecified atom stereocenters. The van der Waals surface area contributed by atoms with Crippen LogP contribution >= 0.6 is 15.9 Å². The Morgan fingerprint density at radius 1 is 1.17 bits per heavy atom. The van der Waals surface area contributed by atoms with Gasteiger partial charge < -0.3 is 4.84 Å². The van der Waals surface area contributed by atoms with E-state index in [9.17, 15) is 4.79 Å². The van der Waals surface area contributed by atoms with Crippen molar-refractivity contribution in [3.8, 4) is 0 Å². The molecule has 3 aliphatic rings. The van der Waals surface area contributed by atoms with Gasteiger partial charge in [0, 0.05) is 10.9 Å². The summed E-state index contributed by atoms with van der Waals surface area (Å²) in [7, 11) is 0. The number of rotatable bonds is 1. The zero-order valence-corrected chi connectivity index (χ0v) is 14.6. The summed E-state index contributed by atoms with van der Waals surface area (Å²) in [6, 6.07) is 8.28. The Labute approximate surface area is 143 Å². The number of carbonyl (C=O) groups is 1. The van der Waals surface area contributed by atoms with E-state index in [0.717, 1.165) is 22.2 Å². The highest BCUT2D eigenvalue weighted by molar-refractivity contribution is 9.10. The Balaban J connectivity index is 1.83. The Morgan fingerprint density at radius 2 is 1.91 bits per heavy atom. The van der Waals surface area contributed by atoms with Crippen molar-refractivity contribution in [2.24, 2.45) is 10.6 Å². The van der Waals surface area contributed by atoms with Crippen LogP contribution < -0.4 is 0 Å². The summed E-state index contributed by atoms with van der Waals surface area (Å²) < 4.78 is 1.06. The molecule has 1 heterocycles. The van der Waals surface area contributed by atoms with Crippen LogP contribution in [-0.4, -0.2) is 17.1 Å². The topological polar surface area (TPSA) is 38.7 Å². The molecule has 4 heteroatoms. The van der Waals surface area contributed by atoms with Gasteiger partial charge >= 0.3 is 0 Å². The highest BCUT2D eigenvalue weighted by Gasteiger charge is 2.56. The minimum absolute atomic E-state index is 0.00918. The average molecular weight is 370 g/mol. The van der Waals surface area contributed by atoms with Gasteiger partial charge in [0.2, 0.25) is 0 Å². The van der Waals surface area contributed by atoms with Crippen LogP contribution in [-0.2, 0) is 9.63 Å². The molecule has 2 aliphatic carbocycles. The SMILES string of the molecule is C[C@@]12C=C(c3ccc(Br)cc3)C[C@]1(C)ON=C1C=CC(=O)C=C12. The van der Waals surface area contributed by atoms with E-state index in [1.165, 1.54) is 17.2 Å². The van der Waals surface area contributed by atoms with Crippen molar-refractivity contribution >= 4 is 33.0 Å². The quantitative estimate of drug-likeness (QED) is 0.685. The molecule has 0 saturated heterocycles. The number of allylic oxidation sites excluding steroid dienone is 3. The van der Waals surface area contributed by atoms with Crippen molar-refractivity contribution in [1.29, 1.82) is 0 Å². The van der Waals surface area contributed by atoms with Gasteiger partial charge in [-0.2, -0.15) is 0 Å². The first-order chi connectivity index (χ1) is 10.9. The molecule has 0 spiro atoms. The van der Waals surface area contributed by atoms with Gasteiger partial charge in [-0.3, -0.25) is 4.79 Å². The molecule has 116 valence electrons. The fourth-order valence-electron chi connectivity index (χ4n) is 3.60. The zero-order chi connectivity index (χ0) is 16.2. The summed E-state index contributed by atoms with van der Waals surface area (Å²) in [5, 5.41) is 4.26. The minimum Gasteiger partial charge on any atom is -0.387 e. The van der Waals surface area contributed by atoms with E-state index >= 15 is 0 Å². The smallest absolute Gasteiger partial charge is 0.179 e. The fourth-order valence-corrected chi connectivity index (χ4v) is 3.86. The predicted octanol–water partition coefficient (Wildman–Crippen LogP) is 4.45. The number of nitrogens with zero attached hydrogens (tertiary/aromatic N) is 1. The molecular weight excluding hydrogens is 354 g/mol. The third-order valence-electron chi connectivity index (χ3n) is 5.18. The van der Waals surface area contributed by atoms with E-state index < -0.39 is 5.60 Å². The second-order valence-corrected chi connectivity index (χ2v) is 7.56. The summed E-state index contributed by atoms with van der Waals surface area (Å²) in [5.41, 5.74) is 3.25. The van der Waals surface area contributed by atoms with Gasteiger partial charge in [0.05, 0.1) is 5.41 Å². The molecule has 0 radical (unpaired) electrons. The molecule has 23 heavy (non-hydrogen) atoms. The molecule has 4 rings (SSSR count). The number of benzene rings is 1. The van der Waals surface area contributed by atoms with Gasteiger partial charge in [-0.1, -0.05) is 39.3 Å². The lowest BCUT2D eigenvalue weighted by atomic mass is 9.68. The van der Waals surface area contributed by atoms with Crippen LogP contribution in [0.4, 0.5) is 0 Å². The molecular formula is C19H16BrNO2. The molecule has 3 nitrogen and oxygen atoms in total. The highest BCUT2D eigenvalue weighted by Crippen LogP contribution is 2.56. The number of fused-ring (bicyclic) bond motifs is 3. The van der Waals surface area contributed by atoms with E-state index in [-0.39, 0.29) is 11.2 Å². The molecule has 0 amide bonds. The maximum atomic E-state index is 11.9. The standard InChI is InChI=1S/C19H16BrNO2/c1-18-10-13(12-3-5-14(20)6-4-12)11-19(18,2)23-21-17-8-7-15(22)9-16(17)18/h3-10H,11H2,1-2H3/t18-,19-/m0/s1. The van der Waals surface area contributed by atoms with Crippen LogP contribution in [0.15, 0.2) is 63.8 Å². The molecule has 1 aromatic rings. The molecule has 0 fully saturated rings. The predicted molar refractivity (Wildman–Crippen MR) is 94.0 cm³/mol. The lowest BCUT2D eigenvalue weighted by Gasteiger charge is -2.43. The first kappa shape index (κ1) is 14.6. The van der Waals surface area contributed by atoms with Crippen molar-refractivity contribution in [3.05, 3.63) is 64.2 Å². The van der Waals surface area contributed by atoms with Crippen LogP contribution in [0.25, 0.3) is 5.57 Å². The van der Waals surface area contributed by atoms with Crippen molar-refractivity contribution in [1.82, 2.24) is 0 Å². The summed E-state index contributed by atoms with van der Waals surface area (Å²) in [6.45, 7) is 4.20. The first-order valence-electron chi connectivity index (χ1n) is 7.60. The third-order valence-corrected chi connectivity index (χ3v) is 5.71. The van der Waals surface area contributed by atoms with Crippen molar-refractivity contribution in [2.45, 2.75) is 25.9 Å². The lowest BCUT2D eigenvalue weighted by Crippen LogP contribution is -2.47. The van der Waals surface area contributed by atoms with Gasteiger partial charge in [0.15, 0.2) is 11.4 Å². The number of hydrogen-bond acceptors (Lipinski definition) is 3. The van der Waals surface area contributed by atoms with Gasteiger partial charge in [-0.25, -0.2) is 0 Å². The second kappa shape index (κ2) is 4.78. The molecule has 0 bridgehead atoms. The molecule has 0 saturated carbocycles. The maximum absolute atomic E-state index is 11.9. The Kier molecular flexibility index (Phi) is 3.04. The second-order valence-electron chi connectivity index (χ2n) is 6.65. The van der Waals surface area contributed by atoms with Gasteiger partial charge in [0.1, 0.15) is 5.71 Å². The normalized spacial score (nSPS) is 31.6. The monoisotopic (exact) mass is 369 g/mol. The van der Waals surface area contributed by atoms with Crippen molar-refractivity contribution in [3.63, 3.8) is 0 Å². The Hall–Kier alpha value is -1.94. The summed E-state index contributed by atoms with van der Waals surface area (Å²) in [5.74, 6) is 0.00918. The highest BCUT2D eigenvalue weighted by atomic mass is 79.9.